The molecule has 184 valence electrons. The van der Waals surface area contributed by atoms with Crippen molar-refractivity contribution < 1.29 is 28.9 Å². The van der Waals surface area contributed by atoms with E-state index in [1.807, 2.05) is 59.8 Å². The third-order valence-electron chi connectivity index (χ3n) is 4.14. The van der Waals surface area contributed by atoms with Gasteiger partial charge in [-0.05, 0) is 73.5 Å². The first-order valence-corrected chi connectivity index (χ1v) is 11.8. The highest BCUT2D eigenvalue weighted by Gasteiger charge is 2.24. The second-order valence-electron chi connectivity index (χ2n) is 8.22. The number of phenolic OH excluding ortho intramolecular Hbond substituents is 1. The van der Waals surface area contributed by atoms with Crippen molar-refractivity contribution in [1.29, 1.82) is 0 Å². The van der Waals surface area contributed by atoms with Crippen LogP contribution in [-0.2, 0) is 20.9 Å². The summed E-state index contributed by atoms with van der Waals surface area (Å²) in [4.78, 5) is 25.0. The standard InChI is InChI=1S/C24H30IN3O6/c1-5-33-20-12-17(11-18(25)21(20)29)13-26-28-22(30)19(27-23(31)34-24(2,3)4)15-32-14-16-9-7-6-8-10-16/h6-13,19,29H,5,14-15H2,1-4H3,(H,27,31)(H,28,30)/b26-13-/t19-/m0/s1. The Bertz CT molecular complexity index is 992. The molecule has 10 heteroatoms. The highest BCUT2D eigenvalue weighted by Crippen LogP contribution is 2.32. The number of nitrogens with one attached hydrogen (secondary N) is 2. The number of hydrazone groups is 1. The van der Waals surface area contributed by atoms with Crippen LogP contribution in [0, 0.1) is 3.57 Å². The van der Waals surface area contributed by atoms with Crippen molar-refractivity contribution >= 4 is 40.8 Å². The summed E-state index contributed by atoms with van der Waals surface area (Å²) in [5.74, 6) is -0.213. The Morgan fingerprint density at radius 2 is 1.91 bits per heavy atom. The molecule has 0 heterocycles. The Labute approximate surface area is 213 Å². The first kappa shape index (κ1) is 27.4. The molecule has 3 N–H and O–H groups in total. The quantitative estimate of drug-likeness (QED) is 0.222. The lowest BCUT2D eigenvalue weighted by atomic mass is 10.2. The number of nitrogens with zero attached hydrogens (tertiary/aromatic N) is 1. The summed E-state index contributed by atoms with van der Waals surface area (Å²) in [7, 11) is 0. The molecule has 34 heavy (non-hydrogen) atoms. The minimum absolute atomic E-state index is 0.0424. The minimum atomic E-state index is -1.03. The number of rotatable bonds is 10. The van der Waals surface area contributed by atoms with Gasteiger partial charge in [0.25, 0.3) is 5.91 Å². The molecule has 0 spiro atoms. The van der Waals surface area contributed by atoms with Crippen LogP contribution in [0.25, 0.3) is 0 Å². The average molecular weight is 583 g/mol. The monoisotopic (exact) mass is 583 g/mol. The number of alkyl carbamates (subject to hydrolysis) is 1. The van der Waals surface area contributed by atoms with Crippen molar-refractivity contribution in [3.05, 3.63) is 57.2 Å². The van der Waals surface area contributed by atoms with Crippen LogP contribution in [0.1, 0.15) is 38.8 Å². The Kier molecular flexibility index (Phi) is 10.6. The molecule has 0 fully saturated rings. The second kappa shape index (κ2) is 13.1. The zero-order valence-corrected chi connectivity index (χ0v) is 21.8. The van der Waals surface area contributed by atoms with Gasteiger partial charge in [0.15, 0.2) is 11.5 Å². The van der Waals surface area contributed by atoms with E-state index < -0.39 is 23.6 Å². The maximum Gasteiger partial charge on any atom is 0.408 e. The lowest BCUT2D eigenvalue weighted by Crippen LogP contribution is -2.49. The molecule has 1 atom stereocenters. The number of aromatic hydroxyl groups is 1. The number of hydrogen-bond acceptors (Lipinski definition) is 7. The zero-order valence-electron chi connectivity index (χ0n) is 19.6. The van der Waals surface area contributed by atoms with E-state index in [0.717, 1.165) is 5.56 Å². The molecule has 0 saturated carbocycles. The number of amides is 2. The molecule has 2 aromatic rings. The Morgan fingerprint density at radius 3 is 2.56 bits per heavy atom. The number of phenols is 1. The molecule has 9 nitrogen and oxygen atoms in total. The van der Waals surface area contributed by atoms with Gasteiger partial charge < -0.3 is 24.6 Å². The molecule has 0 aliphatic carbocycles. The summed E-state index contributed by atoms with van der Waals surface area (Å²) < 4.78 is 16.9. The van der Waals surface area contributed by atoms with Crippen LogP contribution in [-0.4, -0.2) is 48.2 Å². The van der Waals surface area contributed by atoms with Gasteiger partial charge in [-0.2, -0.15) is 5.10 Å². The maximum atomic E-state index is 12.7. The number of benzene rings is 2. The van der Waals surface area contributed by atoms with E-state index in [4.69, 9.17) is 14.2 Å². The Morgan fingerprint density at radius 1 is 1.21 bits per heavy atom. The molecule has 0 bridgehead atoms. The van der Waals surface area contributed by atoms with Gasteiger partial charge in [0.1, 0.15) is 11.6 Å². The molecule has 0 unspecified atom stereocenters. The first-order chi connectivity index (χ1) is 16.1. The van der Waals surface area contributed by atoms with Crippen LogP contribution in [0.4, 0.5) is 4.79 Å². The molecule has 2 amide bonds. The fourth-order valence-corrected chi connectivity index (χ4v) is 3.31. The minimum Gasteiger partial charge on any atom is -0.504 e. The van der Waals surface area contributed by atoms with E-state index in [1.165, 1.54) is 6.21 Å². The average Bonchev–Trinajstić information content (AvgIpc) is 2.76. The van der Waals surface area contributed by atoms with Gasteiger partial charge in [-0.3, -0.25) is 4.79 Å². The van der Waals surface area contributed by atoms with Gasteiger partial charge >= 0.3 is 6.09 Å². The molecule has 2 rings (SSSR count). The van der Waals surface area contributed by atoms with Crippen LogP contribution in [0.3, 0.4) is 0 Å². The fourth-order valence-electron chi connectivity index (χ4n) is 2.68. The predicted octanol–water partition coefficient (Wildman–Crippen LogP) is 3.96. The number of hydrogen-bond donors (Lipinski definition) is 3. The molecule has 0 aliphatic heterocycles. The second-order valence-corrected chi connectivity index (χ2v) is 9.38. The summed E-state index contributed by atoms with van der Waals surface area (Å²) in [5.41, 5.74) is 3.24. The van der Waals surface area contributed by atoms with Crippen molar-refractivity contribution in [2.45, 2.75) is 45.9 Å². The van der Waals surface area contributed by atoms with Crippen molar-refractivity contribution in [2.24, 2.45) is 5.10 Å². The van der Waals surface area contributed by atoms with Crippen molar-refractivity contribution in [3.63, 3.8) is 0 Å². The van der Waals surface area contributed by atoms with Gasteiger partial charge in [-0.15, -0.1) is 0 Å². The number of halogens is 1. The van der Waals surface area contributed by atoms with E-state index in [1.54, 1.807) is 32.9 Å². The molecular weight excluding hydrogens is 553 g/mol. The Balaban J connectivity index is 2.05. The largest absolute Gasteiger partial charge is 0.504 e. The lowest BCUT2D eigenvalue weighted by molar-refractivity contribution is -0.124. The van der Waals surface area contributed by atoms with Crippen LogP contribution in [0.2, 0.25) is 0 Å². The highest BCUT2D eigenvalue weighted by atomic mass is 127. The Hall–Kier alpha value is -2.86. The summed E-state index contributed by atoms with van der Waals surface area (Å²) in [6.45, 7) is 7.58. The van der Waals surface area contributed by atoms with E-state index in [9.17, 15) is 14.7 Å². The van der Waals surface area contributed by atoms with Gasteiger partial charge in [0.2, 0.25) is 0 Å². The fraction of sp³-hybridized carbons (Fsp3) is 0.375. The van der Waals surface area contributed by atoms with Crippen LogP contribution in [0.15, 0.2) is 47.6 Å². The molecule has 0 saturated heterocycles. The van der Waals surface area contributed by atoms with Crippen LogP contribution >= 0.6 is 22.6 Å². The normalized spacial score (nSPS) is 12.3. The topological polar surface area (TPSA) is 118 Å². The number of ether oxygens (including phenoxy) is 3. The third kappa shape index (κ3) is 9.56. The van der Waals surface area contributed by atoms with Gasteiger partial charge in [-0.25, -0.2) is 10.2 Å². The smallest absolute Gasteiger partial charge is 0.408 e. The van der Waals surface area contributed by atoms with E-state index in [-0.39, 0.29) is 19.0 Å². The zero-order chi connectivity index (χ0) is 25.1. The number of carbonyl (C=O) groups is 2. The summed E-state index contributed by atoms with van der Waals surface area (Å²) in [6.07, 6.45) is 0.673. The predicted molar refractivity (Wildman–Crippen MR) is 137 cm³/mol. The van der Waals surface area contributed by atoms with E-state index >= 15 is 0 Å². The van der Waals surface area contributed by atoms with Gasteiger partial charge in [-0.1, -0.05) is 30.3 Å². The molecule has 0 radical (unpaired) electrons. The highest BCUT2D eigenvalue weighted by molar-refractivity contribution is 14.1. The maximum absolute atomic E-state index is 12.7. The third-order valence-corrected chi connectivity index (χ3v) is 4.96. The van der Waals surface area contributed by atoms with Gasteiger partial charge in [0, 0.05) is 0 Å². The molecule has 0 aromatic heterocycles. The number of carbonyl (C=O) groups excluding carboxylic acids is 2. The molecular formula is C24H30IN3O6. The SMILES string of the molecule is CCOc1cc(/C=N\NC(=O)[C@H](COCc2ccccc2)NC(=O)OC(C)(C)C)cc(I)c1O. The van der Waals surface area contributed by atoms with Gasteiger partial charge in [0.05, 0.1) is 29.6 Å². The molecule has 2 aromatic carbocycles. The van der Waals surface area contributed by atoms with Crippen LogP contribution in [0.5, 0.6) is 11.5 Å². The summed E-state index contributed by atoms with van der Waals surface area (Å²) >= 11 is 1.98. The van der Waals surface area contributed by atoms with E-state index in [0.29, 0.717) is 21.5 Å². The van der Waals surface area contributed by atoms with E-state index in [2.05, 4.69) is 15.8 Å². The van der Waals surface area contributed by atoms with Crippen molar-refractivity contribution in [3.8, 4) is 11.5 Å². The lowest BCUT2D eigenvalue weighted by Gasteiger charge is -2.22. The summed E-state index contributed by atoms with van der Waals surface area (Å²) in [5, 5.41) is 16.6. The van der Waals surface area contributed by atoms with Crippen LogP contribution < -0.4 is 15.5 Å². The molecule has 0 aliphatic rings. The first-order valence-electron chi connectivity index (χ1n) is 10.7. The van der Waals surface area contributed by atoms with Crippen molar-refractivity contribution in [1.82, 2.24) is 10.7 Å². The van der Waals surface area contributed by atoms with Crippen molar-refractivity contribution in [2.75, 3.05) is 13.2 Å². The summed E-state index contributed by atoms with van der Waals surface area (Å²) in [6, 6.07) is 11.7.